The van der Waals surface area contributed by atoms with Crippen LogP contribution in [0.2, 0.25) is 0 Å². The van der Waals surface area contributed by atoms with Crippen molar-refractivity contribution in [1.82, 2.24) is 0 Å². The Kier molecular flexibility index (Phi) is 6.78. The van der Waals surface area contributed by atoms with Gasteiger partial charge in [-0.1, -0.05) is 57.2 Å². The maximum atomic E-state index is 14.2. The zero-order chi connectivity index (χ0) is 22.0. The number of rotatable bonds is 6. The summed E-state index contributed by atoms with van der Waals surface area (Å²) in [6.45, 7) is 2.26. The summed E-state index contributed by atoms with van der Waals surface area (Å²) in [5, 5.41) is 1.19. The number of alkyl halides is 3. The van der Waals surface area contributed by atoms with Gasteiger partial charge in [0.25, 0.3) is 0 Å². The molecule has 2 aliphatic rings. The first-order chi connectivity index (χ1) is 14.8. The number of halogens is 4. The van der Waals surface area contributed by atoms with Crippen LogP contribution in [0.3, 0.4) is 0 Å². The van der Waals surface area contributed by atoms with Crippen LogP contribution in [-0.2, 0) is 0 Å². The Labute approximate surface area is 182 Å². The molecule has 5 heteroatoms. The molecule has 0 bridgehead atoms. The highest BCUT2D eigenvalue weighted by atomic mass is 19.4. The highest BCUT2D eigenvalue weighted by molar-refractivity contribution is 5.85. The molecule has 170 valence electrons. The summed E-state index contributed by atoms with van der Waals surface area (Å²) in [7, 11) is 0. The second-order valence-corrected chi connectivity index (χ2v) is 9.64. The van der Waals surface area contributed by atoms with Crippen molar-refractivity contribution in [2.45, 2.75) is 83.4 Å². The van der Waals surface area contributed by atoms with E-state index in [-0.39, 0.29) is 0 Å². The number of ether oxygens (including phenoxy) is 1. The summed E-state index contributed by atoms with van der Waals surface area (Å²) < 4.78 is 55.4. The monoisotopic (exact) mass is 436 g/mol. The molecule has 0 amide bonds. The first kappa shape index (κ1) is 22.4. The van der Waals surface area contributed by atoms with E-state index in [9.17, 15) is 17.6 Å². The van der Waals surface area contributed by atoms with Gasteiger partial charge in [-0.3, -0.25) is 0 Å². The van der Waals surface area contributed by atoms with Gasteiger partial charge < -0.3 is 4.74 Å². The van der Waals surface area contributed by atoms with Crippen molar-refractivity contribution in [3.05, 3.63) is 41.7 Å². The summed E-state index contributed by atoms with van der Waals surface area (Å²) in [5.41, 5.74) is 1.18. The van der Waals surface area contributed by atoms with E-state index in [0.29, 0.717) is 16.7 Å². The Morgan fingerprint density at radius 1 is 0.903 bits per heavy atom. The molecule has 4 rings (SSSR count). The van der Waals surface area contributed by atoms with E-state index in [1.165, 1.54) is 63.4 Å². The standard InChI is InChI=1S/C26H32F4O/c1-2-3-4-5-17-6-7-19-13-20(9-8-18(19)12-17)21-10-11-22-16-25(31-26(28,29)30)24(27)15-23(22)14-21/h10-11,14-20H,2-9,12-13H2,1H3/t17-,18?,19-,20?/m1/s1. The quantitative estimate of drug-likeness (QED) is 0.325. The molecule has 2 aromatic rings. The molecule has 1 nitrogen and oxygen atoms in total. The van der Waals surface area contributed by atoms with E-state index in [4.69, 9.17) is 0 Å². The van der Waals surface area contributed by atoms with Crippen molar-refractivity contribution < 1.29 is 22.3 Å². The maximum Gasteiger partial charge on any atom is 0.573 e. The summed E-state index contributed by atoms with van der Waals surface area (Å²) in [5.74, 6) is 1.22. The Balaban J connectivity index is 1.42. The predicted octanol–water partition coefficient (Wildman–Crippen LogP) is 8.76. The van der Waals surface area contributed by atoms with E-state index in [0.717, 1.165) is 36.3 Å². The van der Waals surface area contributed by atoms with Crippen molar-refractivity contribution >= 4 is 10.8 Å². The Bertz CT molecular complexity index is 891. The summed E-state index contributed by atoms with van der Waals surface area (Å²) in [6.07, 6.45) is 8.11. The lowest BCUT2D eigenvalue weighted by atomic mass is 9.63. The molecule has 2 fully saturated rings. The first-order valence-electron chi connectivity index (χ1n) is 11.8. The molecule has 0 spiro atoms. The largest absolute Gasteiger partial charge is 0.573 e. The van der Waals surface area contributed by atoms with Crippen LogP contribution in [0.15, 0.2) is 30.3 Å². The van der Waals surface area contributed by atoms with Crippen LogP contribution >= 0.6 is 0 Å². The summed E-state index contributed by atoms with van der Waals surface area (Å²) in [4.78, 5) is 0. The van der Waals surface area contributed by atoms with Crippen LogP contribution in [-0.4, -0.2) is 6.36 Å². The van der Waals surface area contributed by atoms with Crippen molar-refractivity contribution in [1.29, 1.82) is 0 Å². The smallest absolute Gasteiger partial charge is 0.403 e. The van der Waals surface area contributed by atoms with Gasteiger partial charge in [-0.2, -0.15) is 0 Å². The summed E-state index contributed by atoms with van der Waals surface area (Å²) >= 11 is 0. The van der Waals surface area contributed by atoms with Crippen molar-refractivity contribution in [3.8, 4) is 5.75 Å². The minimum atomic E-state index is -4.90. The molecule has 2 saturated carbocycles. The molecule has 0 aromatic heterocycles. The molecule has 2 aliphatic carbocycles. The third kappa shape index (κ3) is 5.53. The van der Waals surface area contributed by atoms with Gasteiger partial charge in [-0.05, 0) is 84.2 Å². The molecule has 0 heterocycles. The lowest BCUT2D eigenvalue weighted by Crippen LogP contribution is -2.30. The summed E-state index contributed by atoms with van der Waals surface area (Å²) in [6, 6.07) is 8.05. The van der Waals surface area contributed by atoms with E-state index < -0.39 is 17.9 Å². The first-order valence-corrected chi connectivity index (χ1v) is 11.8. The highest BCUT2D eigenvalue weighted by Crippen LogP contribution is 2.48. The lowest BCUT2D eigenvalue weighted by Gasteiger charge is -2.42. The Morgan fingerprint density at radius 3 is 2.45 bits per heavy atom. The molecular weight excluding hydrogens is 404 g/mol. The molecule has 2 aromatic carbocycles. The number of hydrogen-bond donors (Lipinski definition) is 0. The van der Waals surface area contributed by atoms with Gasteiger partial charge in [0.1, 0.15) is 0 Å². The van der Waals surface area contributed by atoms with Crippen LogP contribution in [0.5, 0.6) is 5.75 Å². The molecule has 31 heavy (non-hydrogen) atoms. The molecule has 0 radical (unpaired) electrons. The third-order valence-electron chi connectivity index (χ3n) is 7.55. The van der Waals surface area contributed by atoms with Crippen LogP contribution in [0.25, 0.3) is 10.8 Å². The van der Waals surface area contributed by atoms with E-state index >= 15 is 0 Å². The average molecular weight is 437 g/mol. The van der Waals surface area contributed by atoms with Crippen LogP contribution in [0.1, 0.15) is 82.6 Å². The topological polar surface area (TPSA) is 9.23 Å². The molecule has 2 unspecified atom stereocenters. The minimum Gasteiger partial charge on any atom is -0.403 e. The average Bonchev–Trinajstić information content (AvgIpc) is 2.73. The zero-order valence-electron chi connectivity index (χ0n) is 18.2. The molecule has 0 N–H and O–H groups in total. The van der Waals surface area contributed by atoms with Gasteiger partial charge in [0.15, 0.2) is 11.6 Å². The Morgan fingerprint density at radius 2 is 1.68 bits per heavy atom. The molecule has 4 atom stereocenters. The predicted molar refractivity (Wildman–Crippen MR) is 116 cm³/mol. The van der Waals surface area contributed by atoms with E-state index in [1.54, 1.807) is 6.07 Å². The van der Waals surface area contributed by atoms with Crippen LogP contribution in [0, 0.1) is 23.6 Å². The highest BCUT2D eigenvalue weighted by Gasteiger charge is 2.36. The van der Waals surface area contributed by atoms with Crippen LogP contribution in [0.4, 0.5) is 17.6 Å². The number of fused-ring (bicyclic) bond motifs is 2. The van der Waals surface area contributed by atoms with Gasteiger partial charge in [-0.25, -0.2) is 4.39 Å². The molecule has 0 saturated heterocycles. The van der Waals surface area contributed by atoms with Gasteiger partial charge in [0, 0.05) is 0 Å². The molecular formula is C26H32F4O. The lowest BCUT2D eigenvalue weighted by molar-refractivity contribution is -0.275. The fraction of sp³-hybridized carbons (Fsp3) is 0.615. The second-order valence-electron chi connectivity index (χ2n) is 9.64. The van der Waals surface area contributed by atoms with Crippen LogP contribution < -0.4 is 4.74 Å². The normalized spacial score (nSPS) is 26.6. The maximum absolute atomic E-state index is 14.2. The van der Waals surface area contributed by atoms with Gasteiger partial charge in [0.05, 0.1) is 0 Å². The van der Waals surface area contributed by atoms with E-state index in [1.807, 2.05) is 12.1 Å². The fourth-order valence-corrected chi connectivity index (χ4v) is 5.96. The zero-order valence-corrected chi connectivity index (χ0v) is 18.2. The minimum absolute atomic E-state index is 0.455. The van der Waals surface area contributed by atoms with Gasteiger partial charge in [-0.15, -0.1) is 13.2 Å². The van der Waals surface area contributed by atoms with Crippen molar-refractivity contribution in [2.24, 2.45) is 17.8 Å². The SMILES string of the molecule is CCCCC[C@@H]1CC[C@@H]2CC(c3ccc4cc(OC(F)(F)F)c(F)cc4c3)CCC2C1. The van der Waals surface area contributed by atoms with Crippen molar-refractivity contribution in [2.75, 3.05) is 0 Å². The number of benzene rings is 2. The van der Waals surface area contributed by atoms with Gasteiger partial charge >= 0.3 is 6.36 Å². The number of unbranched alkanes of at least 4 members (excludes halogenated alkanes) is 2. The number of hydrogen-bond acceptors (Lipinski definition) is 1. The van der Waals surface area contributed by atoms with Gasteiger partial charge in [0.2, 0.25) is 0 Å². The van der Waals surface area contributed by atoms with Crippen molar-refractivity contribution in [3.63, 3.8) is 0 Å². The van der Waals surface area contributed by atoms with E-state index in [2.05, 4.69) is 11.7 Å². The third-order valence-corrected chi connectivity index (χ3v) is 7.55. The molecule has 0 aliphatic heterocycles. The Hall–Kier alpha value is -1.78. The fourth-order valence-electron chi connectivity index (χ4n) is 5.96. The second kappa shape index (κ2) is 9.38.